The molecule has 0 aromatic heterocycles. The van der Waals surface area contributed by atoms with E-state index in [1.165, 1.54) is 4.31 Å². The van der Waals surface area contributed by atoms with Gasteiger partial charge >= 0.3 is 0 Å². The van der Waals surface area contributed by atoms with Crippen LogP contribution in [0.2, 0.25) is 0 Å². The van der Waals surface area contributed by atoms with Gasteiger partial charge in [-0.2, -0.15) is 0 Å². The van der Waals surface area contributed by atoms with Crippen LogP contribution in [-0.2, 0) is 16.4 Å². The highest BCUT2D eigenvalue weighted by atomic mass is 32.2. The maximum Gasteiger partial charge on any atom is 0.264 e. The molecule has 0 aliphatic carbocycles. The van der Waals surface area contributed by atoms with Gasteiger partial charge in [0.1, 0.15) is 0 Å². The normalized spacial score (nSPS) is 13.6. The lowest BCUT2D eigenvalue weighted by atomic mass is 10.1. The first-order valence-electron chi connectivity index (χ1n) is 8.14. The molecule has 1 aliphatic heterocycles. The summed E-state index contributed by atoms with van der Waals surface area (Å²) in [6.45, 7) is 0.792. The number of benzene rings is 2. The number of amides is 1. The molecular weight excluding hydrogens is 340 g/mol. The van der Waals surface area contributed by atoms with Crippen LogP contribution in [-0.4, -0.2) is 39.1 Å². The Balaban J connectivity index is 1.83. The van der Waals surface area contributed by atoms with Gasteiger partial charge in [0.25, 0.3) is 15.9 Å². The highest BCUT2D eigenvalue weighted by Crippen LogP contribution is 2.33. The topological polar surface area (TPSA) is 86.7 Å². The Morgan fingerprint density at radius 2 is 1.92 bits per heavy atom. The van der Waals surface area contributed by atoms with E-state index in [4.69, 9.17) is 5.11 Å². The molecule has 2 aromatic rings. The minimum atomic E-state index is -3.60. The van der Waals surface area contributed by atoms with Gasteiger partial charge in [0.15, 0.2) is 0 Å². The summed E-state index contributed by atoms with van der Waals surface area (Å²) in [4.78, 5) is 12.4. The summed E-state index contributed by atoms with van der Waals surface area (Å²) in [5.74, 6) is -0.222. The van der Waals surface area contributed by atoms with Crippen molar-refractivity contribution in [3.63, 3.8) is 0 Å². The van der Waals surface area contributed by atoms with E-state index in [2.05, 4.69) is 5.32 Å². The van der Waals surface area contributed by atoms with Gasteiger partial charge in [-0.1, -0.05) is 18.2 Å². The summed E-state index contributed by atoms with van der Waals surface area (Å²) >= 11 is 0. The third-order valence-corrected chi connectivity index (χ3v) is 5.97. The number of carbonyl (C=O) groups is 1. The molecule has 25 heavy (non-hydrogen) atoms. The minimum Gasteiger partial charge on any atom is -0.396 e. The average Bonchev–Trinajstić information content (AvgIpc) is 3.06. The fraction of sp³-hybridized carbons (Fsp3) is 0.278. The van der Waals surface area contributed by atoms with Crippen molar-refractivity contribution in [3.05, 3.63) is 59.7 Å². The molecule has 6 nitrogen and oxygen atoms in total. The van der Waals surface area contributed by atoms with Crippen LogP contribution in [0.1, 0.15) is 22.3 Å². The van der Waals surface area contributed by atoms with Crippen LogP contribution in [0.3, 0.4) is 0 Å². The van der Waals surface area contributed by atoms with Gasteiger partial charge in [0.05, 0.1) is 10.6 Å². The number of anilines is 1. The summed E-state index contributed by atoms with van der Waals surface area (Å²) in [6.07, 6.45) is 1.07. The van der Waals surface area contributed by atoms with Crippen LogP contribution in [0.25, 0.3) is 0 Å². The predicted octanol–water partition coefficient (Wildman–Crippen LogP) is 1.55. The SMILES string of the molecule is O=C(NCCCO)c1ccc2c(c1)CCN2S(=O)(=O)c1ccccc1. The molecule has 1 aliphatic rings. The van der Waals surface area contributed by atoms with Gasteiger partial charge in [0, 0.05) is 25.3 Å². The molecule has 1 amide bonds. The Morgan fingerprint density at radius 1 is 1.16 bits per heavy atom. The molecule has 0 unspecified atom stereocenters. The van der Waals surface area contributed by atoms with Crippen LogP contribution in [0, 0.1) is 0 Å². The first-order valence-corrected chi connectivity index (χ1v) is 9.58. The number of aliphatic hydroxyl groups is 1. The Bertz CT molecular complexity index is 866. The molecule has 7 heteroatoms. The molecule has 0 saturated carbocycles. The zero-order valence-corrected chi connectivity index (χ0v) is 14.5. The number of carbonyl (C=O) groups excluding carboxylic acids is 1. The first-order chi connectivity index (χ1) is 12.0. The number of nitrogens with one attached hydrogen (secondary N) is 1. The van der Waals surface area contributed by atoms with E-state index in [9.17, 15) is 13.2 Å². The highest BCUT2D eigenvalue weighted by Gasteiger charge is 2.31. The molecule has 0 atom stereocenters. The second kappa shape index (κ2) is 7.25. The molecule has 0 spiro atoms. The molecule has 0 saturated heterocycles. The van der Waals surface area contributed by atoms with Crippen molar-refractivity contribution in [2.24, 2.45) is 0 Å². The summed E-state index contributed by atoms with van der Waals surface area (Å²) in [5.41, 5.74) is 1.96. The lowest BCUT2D eigenvalue weighted by Crippen LogP contribution is -2.29. The maximum absolute atomic E-state index is 12.8. The molecule has 0 bridgehead atoms. The Kier molecular flexibility index (Phi) is 5.06. The lowest BCUT2D eigenvalue weighted by Gasteiger charge is -2.19. The number of aliphatic hydroxyl groups excluding tert-OH is 1. The molecule has 3 rings (SSSR count). The third kappa shape index (κ3) is 3.52. The number of hydrogen-bond acceptors (Lipinski definition) is 4. The number of fused-ring (bicyclic) bond motifs is 1. The number of hydrogen-bond donors (Lipinski definition) is 2. The second-order valence-electron chi connectivity index (χ2n) is 5.82. The van der Waals surface area contributed by atoms with E-state index < -0.39 is 10.0 Å². The molecule has 1 heterocycles. The standard InChI is InChI=1S/C18H20N2O4S/c21-12-4-10-19-18(22)15-7-8-17-14(13-15)9-11-20(17)25(23,24)16-5-2-1-3-6-16/h1-3,5-8,13,21H,4,9-12H2,(H,19,22). The summed E-state index contributed by atoms with van der Waals surface area (Å²) in [7, 11) is -3.60. The lowest BCUT2D eigenvalue weighted by molar-refractivity contribution is 0.0951. The van der Waals surface area contributed by atoms with Gasteiger partial charge < -0.3 is 10.4 Å². The first kappa shape index (κ1) is 17.4. The van der Waals surface area contributed by atoms with Crippen LogP contribution < -0.4 is 9.62 Å². The van der Waals surface area contributed by atoms with Gasteiger partial charge in [-0.15, -0.1) is 0 Å². The fourth-order valence-corrected chi connectivity index (χ4v) is 4.39. The predicted molar refractivity (Wildman–Crippen MR) is 95.2 cm³/mol. The molecular formula is C18H20N2O4S. The van der Waals surface area contributed by atoms with Crippen LogP contribution in [0.15, 0.2) is 53.4 Å². The minimum absolute atomic E-state index is 0.0246. The third-order valence-electron chi connectivity index (χ3n) is 4.15. The summed E-state index contributed by atoms with van der Waals surface area (Å²) in [6, 6.07) is 13.4. The largest absolute Gasteiger partial charge is 0.396 e. The average molecular weight is 360 g/mol. The Hall–Kier alpha value is -2.38. The van der Waals surface area contributed by atoms with E-state index in [-0.39, 0.29) is 17.4 Å². The van der Waals surface area contributed by atoms with E-state index >= 15 is 0 Å². The van der Waals surface area contributed by atoms with Crippen molar-refractivity contribution >= 4 is 21.6 Å². The number of rotatable bonds is 6. The van der Waals surface area contributed by atoms with E-state index in [1.807, 2.05) is 0 Å². The van der Waals surface area contributed by atoms with Crippen LogP contribution in [0.5, 0.6) is 0 Å². The van der Waals surface area contributed by atoms with Gasteiger partial charge in [-0.05, 0) is 48.7 Å². The molecule has 0 radical (unpaired) electrons. The molecule has 2 N–H and O–H groups in total. The van der Waals surface area contributed by atoms with Gasteiger partial charge in [-0.25, -0.2) is 8.42 Å². The highest BCUT2D eigenvalue weighted by molar-refractivity contribution is 7.92. The molecule has 132 valence electrons. The summed E-state index contributed by atoms with van der Waals surface area (Å²) in [5, 5.41) is 11.5. The van der Waals surface area contributed by atoms with E-state index in [1.54, 1.807) is 48.5 Å². The van der Waals surface area contributed by atoms with Crippen molar-refractivity contribution in [2.45, 2.75) is 17.7 Å². The maximum atomic E-state index is 12.8. The van der Waals surface area contributed by atoms with Crippen molar-refractivity contribution in [2.75, 3.05) is 24.0 Å². The van der Waals surface area contributed by atoms with Crippen molar-refractivity contribution in [1.29, 1.82) is 0 Å². The fourth-order valence-electron chi connectivity index (χ4n) is 2.87. The molecule has 2 aromatic carbocycles. The number of nitrogens with zero attached hydrogens (tertiary/aromatic N) is 1. The Morgan fingerprint density at radius 3 is 2.64 bits per heavy atom. The quantitative estimate of drug-likeness (QED) is 0.765. The van der Waals surface area contributed by atoms with Gasteiger partial charge in [0.2, 0.25) is 0 Å². The second-order valence-corrected chi connectivity index (χ2v) is 7.68. The summed E-state index contributed by atoms with van der Waals surface area (Å²) < 4.78 is 27.0. The van der Waals surface area contributed by atoms with Crippen LogP contribution in [0.4, 0.5) is 5.69 Å². The smallest absolute Gasteiger partial charge is 0.264 e. The monoisotopic (exact) mass is 360 g/mol. The van der Waals surface area contributed by atoms with E-state index in [0.29, 0.717) is 37.2 Å². The number of sulfonamides is 1. The zero-order chi connectivity index (χ0) is 17.9. The van der Waals surface area contributed by atoms with E-state index in [0.717, 1.165) is 5.56 Å². The van der Waals surface area contributed by atoms with Crippen molar-refractivity contribution in [1.82, 2.24) is 5.32 Å². The van der Waals surface area contributed by atoms with Crippen LogP contribution >= 0.6 is 0 Å². The van der Waals surface area contributed by atoms with Crippen molar-refractivity contribution < 1.29 is 18.3 Å². The van der Waals surface area contributed by atoms with Gasteiger partial charge in [-0.3, -0.25) is 9.10 Å². The van der Waals surface area contributed by atoms with Crippen molar-refractivity contribution in [3.8, 4) is 0 Å². The molecule has 0 fully saturated rings. The zero-order valence-electron chi connectivity index (χ0n) is 13.7. The Labute approximate surface area is 147 Å².